The van der Waals surface area contributed by atoms with Gasteiger partial charge in [0.1, 0.15) is 5.84 Å². The van der Waals surface area contributed by atoms with Crippen LogP contribution in [-0.4, -0.2) is 47.8 Å². The van der Waals surface area contributed by atoms with Crippen molar-refractivity contribution < 1.29 is 4.79 Å². The minimum Gasteiger partial charge on any atom is -0.386 e. The molecule has 1 saturated heterocycles. The highest BCUT2D eigenvalue weighted by molar-refractivity contribution is 5.84. The molecule has 0 spiro atoms. The summed E-state index contributed by atoms with van der Waals surface area (Å²) in [6.45, 7) is 4.64. The van der Waals surface area contributed by atoms with Gasteiger partial charge < -0.3 is 15.5 Å². The molecule has 0 bridgehead atoms. The Morgan fingerprint density at radius 3 is 2.53 bits per heavy atom. The highest BCUT2D eigenvalue weighted by atomic mass is 16.2. The van der Waals surface area contributed by atoms with Crippen molar-refractivity contribution in [3.63, 3.8) is 0 Å². The van der Waals surface area contributed by atoms with E-state index >= 15 is 0 Å². The lowest BCUT2D eigenvalue weighted by Gasteiger charge is -2.27. The molecule has 2 amide bonds. The number of hydrogen-bond acceptors (Lipinski definition) is 2. The fourth-order valence-corrected chi connectivity index (χ4v) is 1.83. The molecule has 1 aliphatic heterocycles. The molecule has 0 saturated carbocycles. The summed E-state index contributed by atoms with van der Waals surface area (Å²) in [7, 11) is 0. The summed E-state index contributed by atoms with van der Waals surface area (Å²) in [6, 6.07) is 0.0320. The molecule has 1 heterocycles. The first-order valence-corrected chi connectivity index (χ1v) is 5.52. The summed E-state index contributed by atoms with van der Waals surface area (Å²) in [5, 5.41) is 7.23. The Balaban J connectivity index is 2.52. The summed E-state index contributed by atoms with van der Waals surface area (Å²) in [5.41, 5.74) is 5.33. The van der Waals surface area contributed by atoms with Gasteiger partial charge in [0.25, 0.3) is 0 Å². The van der Waals surface area contributed by atoms with E-state index in [1.54, 1.807) is 4.90 Å². The van der Waals surface area contributed by atoms with Crippen LogP contribution in [0.3, 0.4) is 0 Å². The van der Waals surface area contributed by atoms with Crippen molar-refractivity contribution in [3.05, 3.63) is 0 Å². The molecule has 5 nitrogen and oxygen atoms in total. The fraction of sp³-hybridized carbons (Fsp3) is 0.800. The highest BCUT2D eigenvalue weighted by Crippen LogP contribution is 2.10. The zero-order chi connectivity index (χ0) is 11.3. The second-order valence-electron chi connectivity index (χ2n) is 3.92. The summed E-state index contributed by atoms with van der Waals surface area (Å²) in [5.74, 6) is 0.0518. The van der Waals surface area contributed by atoms with Gasteiger partial charge in [-0.2, -0.15) is 0 Å². The Bertz CT molecular complexity index is 236. The summed E-state index contributed by atoms with van der Waals surface area (Å²) < 4.78 is 0. The number of carbonyl (C=O) groups excluding carboxylic acids is 1. The maximum atomic E-state index is 12.0. The molecule has 0 aromatic rings. The number of nitrogens with two attached hydrogens (primary N) is 1. The molecule has 1 aliphatic rings. The van der Waals surface area contributed by atoms with Crippen molar-refractivity contribution in [1.82, 2.24) is 9.80 Å². The van der Waals surface area contributed by atoms with Crippen LogP contribution in [0.1, 0.15) is 26.2 Å². The van der Waals surface area contributed by atoms with E-state index in [0.717, 1.165) is 32.4 Å². The molecule has 1 rings (SSSR count). The van der Waals surface area contributed by atoms with Crippen LogP contribution in [0.4, 0.5) is 4.79 Å². The molecule has 0 atom stereocenters. The van der Waals surface area contributed by atoms with Crippen LogP contribution in [0, 0.1) is 5.41 Å². The van der Waals surface area contributed by atoms with Crippen LogP contribution in [-0.2, 0) is 0 Å². The molecule has 1 fully saturated rings. The Kier molecular flexibility index (Phi) is 4.39. The van der Waals surface area contributed by atoms with Crippen LogP contribution >= 0.6 is 0 Å². The topological polar surface area (TPSA) is 73.4 Å². The normalized spacial score (nSPS) is 15.4. The number of amidine groups is 1. The predicted molar refractivity (Wildman–Crippen MR) is 60.0 cm³/mol. The Morgan fingerprint density at radius 2 is 2.07 bits per heavy atom. The standard InChI is InChI=1S/C10H20N4O/c1-2-5-14(8-9(11)12)10(15)13-6-3-4-7-13/h2-8H2,1H3,(H3,11,12). The average molecular weight is 212 g/mol. The summed E-state index contributed by atoms with van der Waals surface area (Å²) in [6.07, 6.45) is 3.07. The number of likely N-dealkylation sites (tertiary alicyclic amines) is 1. The monoisotopic (exact) mass is 212 g/mol. The van der Waals surface area contributed by atoms with Crippen molar-refractivity contribution in [1.29, 1.82) is 5.41 Å². The van der Waals surface area contributed by atoms with E-state index in [4.69, 9.17) is 11.1 Å². The number of nitrogens with zero attached hydrogens (tertiary/aromatic N) is 2. The number of rotatable bonds is 4. The van der Waals surface area contributed by atoms with Crippen LogP contribution in [0.25, 0.3) is 0 Å². The fourth-order valence-electron chi connectivity index (χ4n) is 1.83. The second-order valence-corrected chi connectivity index (χ2v) is 3.92. The van der Waals surface area contributed by atoms with Crippen molar-refractivity contribution in [2.75, 3.05) is 26.2 Å². The largest absolute Gasteiger partial charge is 0.386 e. The zero-order valence-corrected chi connectivity index (χ0v) is 9.33. The van der Waals surface area contributed by atoms with Crippen LogP contribution in [0.2, 0.25) is 0 Å². The Hall–Kier alpha value is -1.26. The Labute approximate surface area is 90.7 Å². The molecule has 0 radical (unpaired) electrons. The molecule has 0 aromatic heterocycles. The SMILES string of the molecule is CCCN(CC(=N)N)C(=O)N1CCCC1. The van der Waals surface area contributed by atoms with Gasteiger partial charge in [0.2, 0.25) is 0 Å². The maximum absolute atomic E-state index is 12.0. The minimum atomic E-state index is 0.0320. The first-order valence-electron chi connectivity index (χ1n) is 5.52. The molecule has 0 unspecified atom stereocenters. The molecule has 0 aromatic carbocycles. The van der Waals surface area contributed by atoms with E-state index in [2.05, 4.69) is 0 Å². The number of urea groups is 1. The lowest BCUT2D eigenvalue weighted by atomic mass is 10.4. The van der Waals surface area contributed by atoms with E-state index < -0.39 is 0 Å². The van der Waals surface area contributed by atoms with E-state index in [-0.39, 0.29) is 18.4 Å². The smallest absolute Gasteiger partial charge is 0.320 e. The zero-order valence-electron chi connectivity index (χ0n) is 9.33. The van der Waals surface area contributed by atoms with Gasteiger partial charge in [-0.25, -0.2) is 4.79 Å². The van der Waals surface area contributed by atoms with Gasteiger partial charge in [-0.15, -0.1) is 0 Å². The Morgan fingerprint density at radius 1 is 1.47 bits per heavy atom. The highest BCUT2D eigenvalue weighted by Gasteiger charge is 2.23. The van der Waals surface area contributed by atoms with E-state index in [0.29, 0.717) is 6.54 Å². The molecule has 0 aliphatic carbocycles. The third-order valence-corrected chi connectivity index (χ3v) is 2.50. The molecule has 5 heteroatoms. The molecular formula is C10H20N4O. The van der Waals surface area contributed by atoms with Gasteiger partial charge in [0.05, 0.1) is 6.54 Å². The van der Waals surface area contributed by atoms with E-state index in [1.807, 2.05) is 11.8 Å². The van der Waals surface area contributed by atoms with E-state index in [9.17, 15) is 4.79 Å². The van der Waals surface area contributed by atoms with Gasteiger partial charge in [-0.3, -0.25) is 5.41 Å². The second kappa shape index (κ2) is 5.58. The first-order chi connectivity index (χ1) is 7.15. The quantitative estimate of drug-likeness (QED) is 0.535. The lowest BCUT2D eigenvalue weighted by Crippen LogP contribution is -2.45. The summed E-state index contributed by atoms with van der Waals surface area (Å²) in [4.78, 5) is 15.5. The molecule has 3 N–H and O–H groups in total. The van der Waals surface area contributed by atoms with Gasteiger partial charge in [-0.1, -0.05) is 6.92 Å². The van der Waals surface area contributed by atoms with Gasteiger partial charge in [-0.05, 0) is 19.3 Å². The van der Waals surface area contributed by atoms with Crippen molar-refractivity contribution in [3.8, 4) is 0 Å². The number of amides is 2. The van der Waals surface area contributed by atoms with Crippen LogP contribution < -0.4 is 5.73 Å². The molecule has 86 valence electrons. The van der Waals surface area contributed by atoms with Gasteiger partial charge in [0, 0.05) is 19.6 Å². The van der Waals surface area contributed by atoms with Crippen LogP contribution in [0.15, 0.2) is 0 Å². The average Bonchev–Trinajstić information content (AvgIpc) is 2.68. The van der Waals surface area contributed by atoms with Crippen molar-refractivity contribution in [2.24, 2.45) is 5.73 Å². The molecular weight excluding hydrogens is 192 g/mol. The number of carbonyl (C=O) groups is 1. The molecule has 15 heavy (non-hydrogen) atoms. The van der Waals surface area contributed by atoms with E-state index in [1.165, 1.54) is 0 Å². The summed E-state index contributed by atoms with van der Waals surface area (Å²) >= 11 is 0. The van der Waals surface area contributed by atoms with Gasteiger partial charge in [0.15, 0.2) is 0 Å². The number of hydrogen-bond donors (Lipinski definition) is 2. The lowest BCUT2D eigenvalue weighted by molar-refractivity contribution is 0.169. The first kappa shape index (κ1) is 11.8. The third kappa shape index (κ3) is 3.42. The van der Waals surface area contributed by atoms with Crippen molar-refractivity contribution >= 4 is 11.9 Å². The minimum absolute atomic E-state index is 0.0320. The predicted octanol–water partition coefficient (Wildman–Crippen LogP) is 0.850. The number of nitrogens with one attached hydrogen (secondary N) is 1. The maximum Gasteiger partial charge on any atom is 0.320 e. The van der Waals surface area contributed by atoms with Gasteiger partial charge >= 0.3 is 6.03 Å². The van der Waals surface area contributed by atoms with Crippen molar-refractivity contribution in [2.45, 2.75) is 26.2 Å². The van der Waals surface area contributed by atoms with Crippen LogP contribution in [0.5, 0.6) is 0 Å². The third-order valence-electron chi connectivity index (χ3n) is 2.50.